The number of aromatic amines is 1. The van der Waals surface area contributed by atoms with Crippen molar-refractivity contribution < 1.29 is 19.1 Å². The van der Waals surface area contributed by atoms with Gasteiger partial charge in [-0.05, 0) is 37.6 Å². The lowest BCUT2D eigenvalue weighted by molar-refractivity contribution is -0.154. The third kappa shape index (κ3) is 4.77. The van der Waals surface area contributed by atoms with Crippen LogP contribution in [0.1, 0.15) is 12.5 Å². The van der Waals surface area contributed by atoms with E-state index in [0.29, 0.717) is 16.5 Å². The molecule has 0 fully saturated rings. The number of rotatable bonds is 6. The molecule has 0 saturated heterocycles. The monoisotopic (exact) mass is 445 g/mol. The van der Waals surface area contributed by atoms with E-state index in [1.54, 1.807) is 31.2 Å². The summed E-state index contributed by atoms with van der Waals surface area (Å²) in [6, 6.07) is 9.44. The highest BCUT2D eigenvalue weighted by atomic mass is 35.5. The van der Waals surface area contributed by atoms with Crippen LogP contribution in [0.3, 0.4) is 0 Å². The second kappa shape index (κ2) is 9.05. The molecule has 1 amide bonds. The molecule has 1 aromatic heterocycles. The van der Waals surface area contributed by atoms with Crippen molar-refractivity contribution in [2.24, 2.45) is 0 Å². The number of halogens is 1. The Kier molecular flexibility index (Phi) is 6.45. The highest BCUT2D eigenvalue weighted by Gasteiger charge is 2.21. The zero-order valence-corrected chi connectivity index (χ0v) is 17.8. The Morgan fingerprint density at radius 3 is 2.55 bits per heavy atom. The lowest BCUT2D eigenvalue weighted by atomic mass is 10.2. The summed E-state index contributed by atoms with van der Waals surface area (Å²) >= 11 is 6.05. The van der Waals surface area contributed by atoms with E-state index in [2.05, 4.69) is 10.4 Å². The molecule has 0 aliphatic carbocycles. The van der Waals surface area contributed by atoms with E-state index in [9.17, 15) is 19.2 Å². The van der Waals surface area contributed by atoms with Gasteiger partial charge in [-0.2, -0.15) is 0 Å². The number of fused-ring (bicyclic) bond motifs is 1. The van der Waals surface area contributed by atoms with Crippen molar-refractivity contribution in [1.82, 2.24) is 9.78 Å². The fourth-order valence-electron chi connectivity index (χ4n) is 2.94. The molecule has 3 aromatic rings. The molecule has 0 saturated carbocycles. The highest BCUT2D eigenvalue weighted by Crippen LogP contribution is 2.31. The second-order valence-corrected chi connectivity index (χ2v) is 7.21. The van der Waals surface area contributed by atoms with Gasteiger partial charge in [-0.1, -0.05) is 23.7 Å². The van der Waals surface area contributed by atoms with Gasteiger partial charge in [0.2, 0.25) is 0 Å². The quantitative estimate of drug-likeness (QED) is 0.561. The van der Waals surface area contributed by atoms with Gasteiger partial charge in [0.05, 0.1) is 23.6 Å². The maximum absolute atomic E-state index is 12.5. The summed E-state index contributed by atoms with van der Waals surface area (Å²) in [4.78, 5) is 49.3. The highest BCUT2D eigenvalue weighted by molar-refractivity contribution is 6.31. The van der Waals surface area contributed by atoms with E-state index >= 15 is 0 Å². The minimum Gasteiger partial charge on any atom is -0.495 e. The van der Waals surface area contributed by atoms with Gasteiger partial charge >= 0.3 is 5.97 Å². The van der Waals surface area contributed by atoms with Gasteiger partial charge in [-0.3, -0.25) is 24.3 Å². The average Bonchev–Trinajstić information content (AvgIpc) is 2.74. The van der Waals surface area contributed by atoms with Crippen molar-refractivity contribution in [3.8, 4) is 5.75 Å². The third-order valence-corrected chi connectivity index (χ3v) is 4.99. The fourth-order valence-corrected chi connectivity index (χ4v) is 3.09. The van der Waals surface area contributed by atoms with Crippen LogP contribution < -0.4 is 21.2 Å². The van der Waals surface area contributed by atoms with Gasteiger partial charge in [0.15, 0.2) is 6.10 Å². The summed E-state index contributed by atoms with van der Waals surface area (Å²) in [7, 11) is 1.43. The van der Waals surface area contributed by atoms with Gasteiger partial charge in [0.25, 0.3) is 17.0 Å². The van der Waals surface area contributed by atoms with Crippen LogP contribution in [-0.2, 0) is 20.9 Å². The topological polar surface area (TPSA) is 119 Å². The Labute approximate surface area is 181 Å². The normalized spacial score (nSPS) is 11.7. The number of nitrogens with zero attached hydrogens (tertiary/aromatic N) is 1. The second-order valence-electron chi connectivity index (χ2n) is 6.80. The fraction of sp³-hybridized carbons (Fsp3) is 0.238. The van der Waals surface area contributed by atoms with E-state index in [-0.39, 0.29) is 10.8 Å². The van der Waals surface area contributed by atoms with Crippen molar-refractivity contribution in [2.75, 3.05) is 12.4 Å². The number of carbonyl (C=O) groups excluding carboxylic acids is 2. The molecular formula is C21H20ClN3O6. The minimum absolute atomic E-state index is 0.176. The molecule has 0 unspecified atom stereocenters. The Morgan fingerprint density at radius 2 is 1.87 bits per heavy atom. The predicted molar refractivity (Wildman–Crippen MR) is 116 cm³/mol. The van der Waals surface area contributed by atoms with Crippen LogP contribution in [0.25, 0.3) is 10.8 Å². The van der Waals surface area contributed by atoms with Crippen molar-refractivity contribution in [1.29, 1.82) is 0 Å². The molecule has 0 spiro atoms. The number of esters is 1. The summed E-state index contributed by atoms with van der Waals surface area (Å²) in [6.45, 7) is 2.59. The van der Waals surface area contributed by atoms with Crippen LogP contribution in [0, 0.1) is 6.92 Å². The smallest absolute Gasteiger partial charge is 0.328 e. The number of amides is 1. The number of benzene rings is 2. The van der Waals surface area contributed by atoms with Gasteiger partial charge < -0.3 is 14.8 Å². The number of aromatic nitrogens is 2. The van der Waals surface area contributed by atoms with Crippen molar-refractivity contribution in [3.05, 3.63) is 67.7 Å². The predicted octanol–water partition coefficient (Wildman–Crippen LogP) is 2.23. The summed E-state index contributed by atoms with van der Waals surface area (Å²) in [5.41, 5.74) is 0.0269. The number of aryl methyl sites for hydroxylation is 1. The Balaban J connectivity index is 1.71. The number of carbonyl (C=O) groups is 2. The van der Waals surface area contributed by atoms with Crippen LogP contribution in [-0.4, -0.2) is 34.9 Å². The van der Waals surface area contributed by atoms with Crippen LogP contribution in [0.4, 0.5) is 5.69 Å². The molecule has 2 aromatic carbocycles. The van der Waals surface area contributed by atoms with Gasteiger partial charge in [-0.25, -0.2) is 4.68 Å². The van der Waals surface area contributed by atoms with E-state index in [0.717, 1.165) is 10.2 Å². The molecule has 0 aliphatic rings. The van der Waals surface area contributed by atoms with E-state index in [1.807, 2.05) is 0 Å². The molecule has 9 nitrogen and oxygen atoms in total. The van der Waals surface area contributed by atoms with Gasteiger partial charge in [0, 0.05) is 11.1 Å². The first-order chi connectivity index (χ1) is 14.7. The molecule has 0 aliphatic heterocycles. The Bertz CT molecular complexity index is 1280. The van der Waals surface area contributed by atoms with Crippen LogP contribution in [0.5, 0.6) is 5.75 Å². The first-order valence-electron chi connectivity index (χ1n) is 9.27. The molecule has 10 heteroatoms. The van der Waals surface area contributed by atoms with Crippen molar-refractivity contribution in [3.63, 3.8) is 0 Å². The first-order valence-corrected chi connectivity index (χ1v) is 9.65. The summed E-state index contributed by atoms with van der Waals surface area (Å²) in [6.07, 6.45) is -1.17. The molecule has 1 atom stereocenters. The first kappa shape index (κ1) is 22.1. The third-order valence-electron chi connectivity index (χ3n) is 4.59. The molecule has 3 rings (SSSR count). The van der Waals surface area contributed by atoms with Crippen LogP contribution in [0.2, 0.25) is 5.02 Å². The summed E-state index contributed by atoms with van der Waals surface area (Å²) in [5.74, 6) is -1.12. The molecule has 0 bridgehead atoms. The zero-order valence-electron chi connectivity index (χ0n) is 17.0. The van der Waals surface area contributed by atoms with Crippen LogP contribution in [0.15, 0.2) is 46.0 Å². The van der Waals surface area contributed by atoms with Gasteiger partial charge in [-0.15, -0.1) is 0 Å². The Morgan fingerprint density at radius 1 is 1.19 bits per heavy atom. The van der Waals surface area contributed by atoms with Crippen molar-refractivity contribution >= 4 is 39.9 Å². The lowest BCUT2D eigenvalue weighted by Crippen LogP contribution is -2.36. The maximum atomic E-state index is 12.5. The molecule has 0 radical (unpaired) electrons. The number of methoxy groups -OCH3 is 1. The number of nitrogens with one attached hydrogen (secondary N) is 2. The lowest BCUT2D eigenvalue weighted by Gasteiger charge is -2.16. The summed E-state index contributed by atoms with van der Waals surface area (Å²) < 4.78 is 11.2. The summed E-state index contributed by atoms with van der Waals surface area (Å²) in [5, 5.41) is 5.83. The average molecular weight is 446 g/mol. The maximum Gasteiger partial charge on any atom is 0.328 e. The molecule has 1 heterocycles. The standard InChI is InChI=1S/C21H20ClN3O6/c1-11-8-16(17(30-3)9-15(11)22)23-19(27)12(2)31-18(26)10-25-21(29)14-7-5-4-6-13(14)20(28)24-25/h4-9,12H,10H2,1-3H3,(H,23,27)(H,24,28)/t12-/m0/s1. The number of hydrogen-bond acceptors (Lipinski definition) is 6. The molecule has 162 valence electrons. The number of ether oxygens (including phenoxy) is 2. The van der Waals surface area contributed by atoms with E-state index in [1.165, 1.54) is 26.2 Å². The Hall–Kier alpha value is -3.59. The van der Waals surface area contributed by atoms with E-state index < -0.39 is 35.6 Å². The minimum atomic E-state index is -1.17. The SMILES string of the molecule is COc1cc(Cl)c(C)cc1NC(=O)[C@H](C)OC(=O)Cn1[nH]c(=O)c2ccccc2c1=O. The number of anilines is 1. The van der Waals surface area contributed by atoms with Crippen molar-refractivity contribution in [2.45, 2.75) is 26.5 Å². The van der Waals surface area contributed by atoms with Gasteiger partial charge in [0.1, 0.15) is 12.3 Å². The number of hydrogen-bond donors (Lipinski definition) is 2. The zero-order chi connectivity index (χ0) is 22.7. The molecular weight excluding hydrogens is 426 g/mol. The van der Waals surface area contributed by atoms with Crippen LogP contribution >= 0.6 is 11.6 Å². The number of H-pyrrole nitrogens is 1. The largest absolute Gasteiger partial charge is 0.495 e. The molecule has 2 N–H and O–H groups in total. The van der Waals surface area contributed by atoms with E-state index in [4.69, 9.17) is 21.1 Å². The molecule has 31 heavy (non-hydrogen) atoms.